The minimum atomic E-state index is -0.841. The van der Waals surface area contributed by atoms with E-state index in [4.69, 9.17) is 5.73 Å². The van der Waals surface area contributed by atoms with E-state index in [9.17, 15) is 9.18 Å². The fourth-order valence-electron chi connectivity index (χ4n) is 1.48. The minimum absolute atomic E-state index is 0.327. The summed E-state index contributed by atoms with van der Waals surface area (Å²) in [4.78, 5) is 11.5. The molecule has 4 heteroatoms. The van der Waals surface area contributed by atoms with Crippen LogP contribution < -0.4 is 5.73 Å². The van der Waals surface area contributed by atoms with E-state index in [2.05, 4.69) is 4.74 Å². The minimum Gasteiger partial charge on any atom is -0.469 e. The van der Waals surface area contributed by atoms with Crippen molar-refractivity contribution in [3.63, 3.8) is 0 Å². The second-order valence-corrected chi connectivity index (χ2v) is 4.24. The van der Waals surface area contributed by atoms with E-state index >= 15 is 0 Å². The predicted molar refractivity (Wildman–Crippen MR) is 59.1 cm³/mol. The molecule has 0 amide bonds. The van der Waals surface area contributed by atoms with Gasteiger partial charge in [-0.25, -0.2) is 4.39 Å². The lowest BCUT2D eigenvalue weighted by molar-refractivity contribution is -0.152. The lowest BCUT2D eigenvalue weighted by Gasteiger charge is -2.28. The summed E-state index contributed by atoms with van der Waals surface area (Å²) in [5.41, 5.74) is 5.84. The van der Waals surface area contributed by atoms with E-state index in [1.807, 2.05) is 0 Å². The molecule has 1 rings (SSSR count). The normalized spacial score (nSPS) is 13.3. The van der Waals surface area contributed by atoms with Gasteiger partial charge in [-0.1, -0.05) is 12.1 Å². The molecular weight excluding hydrogens is 209 g/mol. The highest BCUT2D eigenvalue weighted by molar-refractivity contribution is 5.77. The quantitative estimate of drug-likeness (QED) is 0.801. The molecule has 1 atom stereocenters. The molecule has 0 aliphatic carbocycles. The van der Waals surface area contributed by atoms with Gasteiger partial charge in [-0.15, -0.1) is 0 Å². The molecule has 0 fully saturated rings. The van der Waals surface area contributed by atoms with Crippen molar-refractivity contribution in [3.8, 4) is 0 Å². The molecule has 0 aliphatic heterocycles. The lowest BCUT2D eigenvalue weighted by Crippen LogP contribution is -2.37. The Morgan fingerprint density at radius 3 is 2.31 bits per heavy atom. The fraction of sp³-hybridized carbons (Fsp3) is 0.417. The van der Waals surface area contributed by atoms with Crippen LogP contribution in [0.5, 0.6) is 0 Å². The highest BCUT2D eigenvalue weighted by atomic mass is 19.1. The standard InChI is InChI=1S/C12H16FNO2/c1-12(2,11(15)16-3)10(14)8-4-6-9(13)7-5-8/h4-7,10H,14H2,1-3H3/t10-/m1/s1. The molecule has 0 saturated carbocycles. The highest BCUT2D eigenvalue weighted by Crippen LogP contribution is 2.32. The van der Waals surface area contributed by atoms with Crippen LogP contribution in [0.15, 0.2) is 24.3 Å². The number of rotatable bonds is 3. The molecule has 0 radical (unpaired) electrons. The van der Waals surface area contributed by atoms with Crippen molar-refractivity contribution in [1.29, 1.82) is 0 Å². The van der Waals surface area contributed by atoms with Gasteiger partial charge < -0.3 is 10.5 Å². The third kappa shape index (κ3) is 2.39. The summed E-state index contributed by atoms with van der Waals surface area (Å²) in [6.45, 7) is 3.40. The Hall–Kier alpha value is -1.42. The van der Waals surface area contributed by atoms with Crippen molar-refractivity contribution in [2.45, 2.75) is 19.9 Å². The van der Waals surface area contributed by atoms with Gasteiger partial charge in [0.25, 0.3) is 0 Å². The number of methoxy groups -OCH3 is 1. The average molecular weight is 225 g/mol. The molecule has 16 heavy (non-hydrogen) atoms. The van der Waals surface area contributed by atoms with Crippen LogP contribution in [0.25, 0.3) is 0 Å². The smallest absolute Gasteiger partial charge is 0.313 e. The van der Waals surface area contributed by atoms with E-state index in [0.717, 1.165) is 0 Å². The van der Waals surface area contributed by atoms with Crippen molar-refractivity contribution in [2.75, 3.05) is 7.11 Å². The number of halogens is 1. The summed E-state index contributed by atoms with van der Waals surface area (Å²) in [5, 5.41) is 0. The Labute approximate surface area is 94.4 Å². The predicted octanol–water partition coefficient (Wildman–Crippen LogP) is 2.02. The van der Waals surface area contributed by atoms with Crippen LogP contribution in [0.2, 0.25) is 0 Å². The van der Waals surface area contributed by atoms with E-state index < -0.39 is 11.5 Å². The second-order valence-electron chi connectivity index (χ2n) is 4.24. The Balaban J connectivity index is 2.97. The molecule has 1 aromatic carbocycles. The van der Waals surface area contributed by atoms with Crippen LogP contribution in [0, 0.1) is 11.2 Å². The van der Waals surface area contributed by atoms with Crippen molar-refractivity contribution in [1.82, 2.24) is 0 Å². The summed E-state index contributed by atoms with van der Waals surface area (Å²) in [6.07, 6.45) is 0. The SMILES string of the molecule is COC(=O)C(C)(C)[C@H](N)c1ccc(F)cc1. The highest BCUT2D eigenvalue weighted by Gasteiger charge is 2.36. The van der Waals surface area contributed by atoms with E-state index in [-0.39, 0.29) is 11.8 Å². The van der Waals surface area contributed by atoms with Gasteiger partial charge in [0, 0.05) is 6.04 Å². The van der Waals surface area contributed by atoms with E-state index in [1.54, 1.807) is 26.0 Å². The molecule has 0 unspecified atom stereocenters. The number of esters is 1. The Morgan fingerprint density at radius 1 is 1.38 bits per heavy atom. The van der Waals surface area contributed by atoms with Gasteiger partial charge in [0.2, 0.25) is 0 Å². The Morgan fingerprint density at radius 2 is 1.88 bits per heavy atom. The largest absolute Gasteiger partial charge is 0.469 e. The summed E-state index contributed by atoms with van der Waals surface area (Å²) >= 11 is 0. The molecule has 88 valence electrons. The van der Waals surface area contributed by atoms with Gasteiger partial charge in [-0.2, -0.15) is 0 Å². The molecule has 0 saturated heterocycles. The molecule has 1 aromatic rings. The maximum Gasteiger partial charge on any atom is 0.313 e. The summed E-state index contributed by atoms with van der Waals surface area (Å²) < 4.78 is 17.4. The molecular formula is C12H16FNO2. The summed E-state index contributed by atoms with van der Waals surface area (Å²) in [7, 11) is 1.32. The number of hydrogen-bond acceptors (Lipinski definition) is 3. The first-order chi connectivity index (χ1) is 7.39. The van der Waals surface area contributed by atoms with Gasteiger partial charge in [-0.05, 0) is 31.5 Å². The van der Waals surface area contributed by atoms with Crippen LogP contribution in [0.3, 0.4) is 0 Å². The first kappa shape index (κ1) is 12.6. The Kier molecular flexibility index (Phi) is 3.65. The average Bonchev–Trinajstić information content (AvgIpc) is 2.28. The number of ether oxygens (including phenoxy) is 1. The molecule has 0 aromatic heterocycles. The molecule has 3 nitrogen and oxygen atoms in total. The maximum absolute atomic E-state index is 12.7. The van der Waals surface area contributed by atoms with Crippen LogP contribution in [-0.2, 0) is 9.53 Å². The molecule has 0 bridgehead atoms. The van der Waals surface area contributed by atoms with Crippen molar-refractivity contribution in [2.24, 2.45) is 11.1 Å². The van der Waals surface area contributed by atoms with E-state index in [0.29, 0.717) is 5.56 Å². The van der Waals surface area contributed by atoms with Crippen LogP contribution >= 0.6 is 0 Å². The fourth-order valence-corrected chi connectivity index (χ4v) is 1.48. The Bertz CT molecular complexity index is 373. The third-order valence-corrected chi connectivity index (χ3v) is 2.72. The number of nitrogens with two attached hydrogens (primary N) is 1. The number of benzene rings is 1. The van der Waals surface area contributed by atoms with Gasteiger partial charge in [-0.3, -0.25) is 4.79 Å². The topological polar surface area (TPSA) is 52.3 Å². The number of hydrogen-bond donors (Lipinski definition) is 1. The molecule has 0 aliphatic rings. The second kappa shape index (κ2) is 4.61. The van der Waals surface area contributed by atoms with Crippen LogP contribution in [-0.4, -0.2) is 13.1 Å². The van der Waals surface area contributed by atoms with E-state index in [1.165, 1.54) is 19.2 Å². The maximum atomic E-state index is 12.7. The first-order valence-corrected chi connectivity index (χ1v) is 4.99. The first-order valence-electron chi connectivity index (χ1n) is 4.99. The number of carbonyl (C=O) groups excluding carboxylic acids is 1. The van der Waals surface area contributed by atoms with Gasteiger partial charge in [0.1, 0.15) is 5.82 Å². The van der Waals surface area contributed by atoms with Crippen molar-refractivity contribution in [3.05, 3.63) is 35.6 Å². The zero-order valence-electron chi connectivity index (χ0n) is 9.66. The van der Waals surface area contributed by atoms with Crippen LogP contribution in [0.1, 0.15) is 25.5 Å². The lowest BCUT2D eigenvalue weighted by atomic mass is 9.81. The van der Waals surface area contributed by atoms with Crippen molar-refractivity contribution < 1.29 is 13.9 Å². The summed E-state index contributed by atoms with van der Waals surface area (Å²) in [5.74, 6) is -0.712. The third-order valence-electron chi connectivity index (χ3n) is 2.72. The zero-order valence-corrected chi connectivity index (χ0v) is 9.66. The summed E-state index contributed by atoms with van der Waals surface area (Å²) in [6, 6.07) is 5.26. The zero-order chi connectivity index (χ0) is 12.3. The van der Waals surface area contributed by atoms with Gasteiger partial charge in [0.05, 0.1) is 12.5 Å². The molecule has 2 N–H and O–H groups in total. The molecule has 0 spiro atoms. The van der Waals surface area contributed by atoms with Gasteiger partial charge in [0.15, 0.2) is 0 Å². The van der Waals surface area contributed by atoms with Gasteiger partial charge >= 0.3 is 5.97 Å². The number of carbonyl (C=O) groups is 1. The van der Waals surface area contributed by atoms with Crippen molar-refractivity contribution >= 4 is 5.97 Å². The monoisotopic (exact) mass is 225 g/mol. The van der Waals surface area contributed by atoms with Crippen LogP contribution in [0.4, 0.5) is 4.39 Å². The molecule has 0 heterocycles.